The number of para-hydroxylation sites is 1. The van der Waals surface area contributed by atoms with Gasteiger partial charge in [-0.3, -0.25) is 0 Å². The largest absolute Gasteiger partial charge is 0.497 e. The maximum atomic E-state index is 13.6. The number of aromatic amines is 1. The first-order chi connectivity index (χ1) is 16.6. The summed E-state index contributed by atoms with van der Waals surface area (Å²) in [7, 11) is 4.81. The van der Waals surface area contributed by atoms with E-state index in [1.165, 1.54) is 10.9 Å². The van der Waals surface area contributed by atoms with Gasteiger partial charge in [0.1, 0.15) is 5.75 Å². The molecule has 174 valence electrons. The Morgan fingerprint density at radius 2 is 1.71 bits per heavy atom. The topological polar surface area (TPSA) is 75.8 Å². The van der Waals surface area contributed by atoms with E-state index in [9.17, 15) is 4.79 Å². The van der Waals surface area contributed by atoms with Gasteiger partial charge in [0.15, 0.2) is 11.5 Å². The lowest BCUT2D eigenvalue weighted by Crippen LogP contribution is -2.43. The van der Waals surface area contributed by atoms with Crippen molar-refractivity contribution in [2.75, 3.05) is 33.2 Å². The highest BCUT2D eigenvalue weighted by Gasteiger charge is 2.34. The summed E-state index contributed by atoms with van der Waals surface area (Å²) in [6.07, 6.45) is 0.769. The Morgan fingerprint density at radius 1 is 0.941 bits per heavy atom. The lowest BCUT2D eigenvalue weighted by Gasteiger charge is -2.36. The monoisotopic (exact) mass is 457 g/mol. The summed E-state index contributed by atoms with van der Waals surface area (Å²) in [5.41, 5.74) is 5.02. The molecule has 0 radical (unpaired) electrons. The molecule has 1 aliphatic heterocycles. The second-order valence-corrected chi connectivity index (χ2v) is 8.18. The first-order valence-electron chi connectivity index (χ1n) is 11.2. The van der Waals surface area contributed by atoms with Crippen LogP contribution in [0.4, 0.5) is 10.5 Å². The number of anilines is 1. The number of carbonyl (C=O) groups is 1. The van der Waals surface area contributed by atoms with Crippen molar-refractivity contribution in [3.05, 3.63) is 83.6 Å². The standard InChI is InChI=1S/C27H27N3O4/c1-32-19-11-8-17(9-12-19)26-25-21(20-6-4-5-7-22(20)29-25)14-15-30(26)27(31)28-18-10-13-23(33-2)24(16-18)34-3/h4-13,16,26,29H,14-15H2,1-3H3,(H,28,31)/t26-/m1/s1. The zero-order chi connectivity index (χ0) is 23.7. The molecule has 0 saturated heterocycles. The summed E-state index contributed by atoms with van der Waals surface area (Å²) < 4.78 is 16.0. The molecule has 2 N–H and O–H groups in total. The number of H-pyrrole nitrogens is 1. The Bertz CT molecular complexity index is 1330. The smallest absolute Gasteiger partial charge is 0.322 e. The normalized spacial score (nSPS) is 15.0. The molecule has 0 fully saturated rings. The second-order valence-electron chi connectivity index (χ2n) is 8.18. The Labute approximate surface area is 198 Å². The average Bonchev–Trinajstić information content (AvgIpc) is 3.26. The van der Waals surface area contributed by atoms with E-state index in [1.807, 2.05) is 35.2 Å². The summed E-state index contributed by atoms with van der Waals surface area (Å²) in [5.74, 6) is 1.94. The predicted octanol–water partition coefficient (Wildman–Crippen LogP) is 5.37. The number of ether oxygens (including phenoxy) is 3. The van der Waals surface area contributed by atoms with Crippen molar-refractivity contribution in [1.82, 2.24) is 9.88 Å². The molecule has 34 heavy (non-hydrogen) atoms. The highest BCUT2D eigenvalue weighted by atomic mass is 16.5. The quantitative estimate of drug-likeness (QED) is 0.422. The summed E-state index contributed by atoms with van der Waals surface area (Å²) in [6.45, 7) is 0.588. The van der Waals surface area contributed by atoms with Gasteiger partial charge in [0, 0.05) is 34.9 Å². The lowest BCUT2D eigenvalue weighted by atomic mass is 9.92. The SMILES string of the molecule is COc1ccc([C@@H]2c3[nH]c4ccccc4c3CCN2C(=O)Nc2ccc(OC)c(OC)c2)cc1. The number of nitrogens with one attached hydrogen (secondary N) is 2. The van der Waals surface area contributed by atoms with Crippen LogP contribution in [0.15, 0.2) is 66.7 Å². The van der Waals surface area contributed by atoms with E-state index in [0.717, 1.165) is 28.9 Å². The molecule has 0 saturated carbocycles. The molecule has 0 unspecified atom stereocenters. The molecule has 0 aliphatic carbocycles. The second kappa shape index (κ2) is 9.02. The van der Waals surface area contributed by atoms with Gasteiger partial charge in [0.05, 0.1) is 27.4 Å². The van der Waals surface area contributed by atoms with Crippen LogP contribution in [0.2, 0.25) is 0 Å². The molecule has 4 aromatic rings. The van der Waals surface area contributed by atoms with E-state index < -0.39 is 0 Å². The van der Waals surface area contributed by atoms with Crippen molar-refractivity contribution in [3.63, 3.8) is 0 Å². The predicted molar refractivity (Wildman–Crippen MR) is 132 cm³/mol. The molecule has 1 aromatic heterocycles. The van der Waals surface area contributed by atoms with Crippen molar-refractivity contribution >= 4 is 22.6 Å². The molecule has 7 heteroatoms. The summed E-state index contributed by atoms with van der Waals surface area (Å²) in [4.78, 5) is 19.0. The van der Waals surface area contributed by atoms with E-state index in [2.05, 4.69) is 28.5 Å². The lowest BCUT2D eigenvalue weighted by molar-refractivity contribution is 0.193. The van der Waals surface area contributed by atoms with E-state index in [4.69, 9.17) is 14.2 Å². The number of aromatic nitrogens is 1. The fourth-order valence-corrected chi connectivity index (χ4v) is 4.70. The van der Waals surface area contributed by atoms with E-state index in [1.54, 1.807) is 39.5 Å². The van der Waals surface area contributed by atoms with E-state index in [-0.39, 0.29) is 12.1 Å². The third kappa shape index (κ3) is 3.79. The van der Waals surface area contributed by atoms with Gasteiger partial charge in [-0.15, -0.1) is 0 Å². The molecule has 5 rings (SSSR count). The summed E-state index contributed by atoms with van der Waals surface area (Å²) >= 11 is 0. The Hall–Kier alpha value is -4.13. The van der Waals surface area contributed by atoms with Gasteiger partial charge >= 0.3 is 6.03 Å². The van der Waals surface area contributed by atoms with Gasteiger partial charge in [-0.25, -0.2) is 4.79 Å². The highest BCUT2D eigenvalue weighted by Crippen LogP contribution is 2.39. The number of nitrogens with zero attached hydrogens (tertiary/aromatic N) is 1. The average molecular weight is 458 g/mol. The van der Waals surface area contributed by atoms with Crippen molar-refractivity contribution < 1.29 is 19.0 Å². The Balaban J connectivity index is 1.53. The third-order valence-electron chi connectivity index (χ3n) is 6.36. The van der Waals surface area contributed by atoms with E-state index >= 15 is 0 Å². The maximum absolute atomic E-state index is 13.6. The number of benzene rings is 3. The molecule has 3 aromatic carbocycles. The molecule has 1 atom stereocenters. The molecule has 1 aliphatic rings. The molecule has 2 heterocycles. The fourth-order valence-electron chi connectivity index (χ4n) is 4.70. The van der Waals surface area contributed by atoms with Crippen LogP contribution in [0.5, 0.6) is 17.2 Å². The van der Waals surface area contributed by atoms with Gasteiger partial charge in [0.2, 0.25) is 0 Å². The minimum atomic E-state index is -0.262. The van der Waals surface area contributed by atoms with Crippen LogP contribution >= 0.6 is 0 Å². The number of amides is 2. The van der Waals surface area contributed by atoms with Gasteiger partial charge in [-0.1, -0.05) is 30.3 Å². The zero-order valence-electron chi connectivity index (χ0n) is 19.4. The molecular weight excluding hydrogens is 430 g/mol. The number of carbonyl (C=O) groups excluding carboxylic acids is 1. The van der Waals surface area contributed by atoms with Crippen LogP contribution in [0.3, 0.4) is 0 Å². The molecule has 2 amide bonds. The zero-order valence-corrected chi connectivity index (χ0v) is 19.4. The number of hydrogen-bond acceptors (Lipinski definition) is 4. The van der Waals surface area contributed by atoms with Crippen LogP contribution < -0.4 is 19.5 Å². The van der Waals surface area contributed by atoms with Gasteiger partial charge < -0.3 is 29.4 Å². The maximum Gasteiger partial charge on any atom is 0.322 e. The van der Waals surface area contributed by atoms with Crippen molar-refractivity contribution in [1.29, 1.82) is 0 Å². The van der Waals surface area contributed by atoms with E-state index in [0.29, 0.717) is 23.7 Å². The number of methoxy groups -OCH3 is 3. The Kier molecular flexibility index (Phi) is 5.76. The van der Waals surface area contributed by atoms with Crippen LogP contribution in [0.25, 0.3) is 10.9 Å². The first-order valence-corrected chi connectivity index (χ1v) is 11.2. The minimum absolute atomic E-state index is 0.183. The number of fused-ring (bicyclic) bond motifs is 3. The molecule has 7 nitrogen and oxygen atoms in total. The molecule has 0 bridgehead atoms. The molecule has 0 spiro atoms. The summed E-state index contributed by atoms with van der Waals surface area (Å²) in [6, 6.07) is 21.1. The molecular formula is C27H27N3O4. The van der Waals surface area contributed by atoms with Gasteiger partial charge in [-0.2, -0.15) is 0 Å². The highest BCUT2D eigenvalue weighted by molar-refractivity contribution is 5.92. The van der Waals surface area contributed by atoms with Crippen molar-refractivity contribution in [2.24, 2.45) is 0 Å². The fraction of sp³-hybridized carbons (Fsp3) is 0.222. The Morgan fingerprint density at radius 3 is 2.44 bits per heavy atom. The minimum Gasteiger partial charge on any atom is -0.497 e. The number of urea groups is 1. The summed E-state index contributed by atoms with van der Waals surface area (Å²) in [5, 5.41) is 4.24. The van der Waals surface area contributed by atoms with Gasteiger partial charge in [0.25, 0.3) is 0 Å². The third-order valence-corrected chi connectivity index (χ3v) is 6.36. The number of rotatable bonds is 5. The van der Waals surface area contributed by atoms with Gasteiger partial charge in [-0.05, 0) is 47.9 Å². The van der Waals surface area contributed by atoms with Crippen LogP contribution in [0, 0.1) is 0 Å². The number of hydrogen-bond donors (Lipinski definition) is 2. The van der Waals surface area contributed by atoms with Crippen LogP contribution in [-0.2, 0) is 6.42 Å². The van der Waals surface area contributed by atoms with Crippen molar-refractivity contribution in [2.45, 2.75) is 12.5 Å². The van der Waals surface area contributed by atoms with Crippen LogP contribution in [0.1, 0.15) is 22.9 Å². The van der Waals surface area contributed by atoms with Crippen LogP contribution in [-0.4, -0.2) is 43.8 Å². The van der Waals surface area contributed by atoms with Crippen molar-refractivity contribution in [3.8, 4) is 17.2 Å². The first kappa shape index (κ1) is 21.7.